The average molecular weight is 365 g/mol. The molecule has 2 aromatic carbocycles. The SMILES string of the molecule is NC(=O)c1cc(C(F)(F)F)ccc1Oc1ccc(OC(F)(F)F)cc1. The van der Waals surface area contributed by atoms with E-state index < -0.39 is 35.3 Å². The second-order valence-corrected chi connectivity index (χ2v) is 4.69. The number of primary amides is 1. The van der Waals surface area contributed by atoms with Crippen molar-refractivity contribution in [1.29, 1.82) is 0 Å². The molecule has 0 aliphatic rings. The van der Waals surface area contributed by atoms with E-state index >= 15 is 0 Å². The van der Waals surface area contributed by atoms with Crippen molar-refractivity contribution < 1.29 is 40.6 Å². The van der Waals surface area contributed by atoms with Crippen molar-refractivity contribution in [3.8, 4) is 17.2 Å². The fourth-order valence-electron chi connectivity index (χ4n) is 1.82. The van der Waals surface area contributed by atoms with Crippen LogP contribution in [0.15, 0.2) is 42.5 Å². The number of benzene rings is 2. The molecule has 25 heavy (non-hydrogen) atoms. The van der Waals surface area contributed by atoms with Gasteiger partial charge in [-0.2, -0.15) is 13.2 Å². The van der Waals surface area contributed by atoms with Crippen molar-refractivity contribution in [2.45, 2.75) is 12.5 Å². The van der Waals surface area contributed by atoms with Gasteiger partial charge in [0, 0.05) is 0 Å². The molecule has 0 aromatic heterocycles. The lowest BCUT2D eigenvalue weighted by Gasteiger charge is -2.13. The molecule has 0 saturated heterocycles. The molecule has 0 saturated carbocycles. The number of carbonyl (C=O) groups excluding carboxylic acids is 1. The van der Waals surface area contributed by atoms with Gasteiger partial charge in [-0.05, 0) is 42.5 Å². The molecule has 2 aromatic rings. The number of hydrogen-bond acceptors (Lipinski definition) is 3. The van der Waals surface area contributed by atoms with Crippen LogP contribution in [0.1, 0.15) is 15.9 Å². The Labute approximate surface area is 136 Å². The molecule has 4 nitrogen and oxygen atoms in total. The monoisotopic (exact) mass is 365 g/mol. The maximum absolute atomic E-state index is 12.7. The summed E-state index contributed by atoms with van der Waals surface area (Å²) in [5.41, 5.74) is 3.43. The fourth-order valence-corrected chi connectivity index (χ4v) is 1.82. The van der Waals surface area contributed by atoms with Crippen LogP contribution in [0.2, 0.25) is 0 Å². The van der Waals surface area contributed by atoms with E-state index in [-0.39, 0.29) is 11.5 Å². The van der Waals surface area contributed by atoms with Crippen molar-refractivity contribution in [1.82, 2.24) is 0 Å². The van der Waals surface area contributed by atoms with Crippen molar-refractivity contribution in [2.24, 2.45) is 5.73 Å². The van der Waals surface area contributed by atoms with E-state index in [4.69, 9.17) is 10.5 Å². The number of carbonyl (C=O) groups is 1. The topological polar surface area (TPSA) is 61.6 Å². The van der Waals surface area contributed by atoms with Crippen molar-refractivity contribution in [3.63, 3.8) is 0 Å². The molecule has 0 unspecified atom stereocenters. The minimum atomic E-state index is -4.87. The third-order valence-corrected chi connectivity index (χ3v) is 2.86. The van der Waals surface area contributed by atoms with Crippen LogP contribution in [-0.2, 0) is 6.18 Å². The molecule has 0 heterocycles. The molecular weight excluding hydrogens is 356 g/mol. The van der Waals surface area contributed by atoms with Crippen molar-refractivity contribution in [2.75, 3.05) is 0 Å². The van der Waals surface area contributed by atoms with Crippen LogP contribution in [0.3, 0.4) is 0 Å². The number of halogens is 6. The van der Waals surface area contributed by atoms with Crippen LogP contribution in [0.25, 0.3) is 0 Å². The van der Waals surface area contributed by atoms with E-state index in [9.17, 15) is 31.1 Å². The molecule has 1 amide bonds. The van der Waals surface area contributed by atoms with Crippen molar-refractivity contribution in [3.05, 3.63) is 53.6 Å². The van der Waals surface area contributed by atoms with Crippen LogP contribution in [-0.4, -0.2) is 12.3 Å². The minimum Gasteiger partial charge on any atom is -0.457 e. The van der Waals surface area contributed by atoms with E-state index in [1.165, 1.54) is 0 Å². The van der Waals surface area contributed by atoms with E-state index in [1.54, 1.807) is 0 Å². The Bertz CT molecular complexity index is 768. The summed E-state index contributed by atoms with van der Waals surface area (Å²) in [5, 5.41) is 0. The van der Waals surface area contributed by atoms with Gasteiger partial charge in [-0.1, -0.05) is 0 Å². The standard InChI is InChI=1S/C15H9F6NO3/c16-14(17,18)8-1-6-12(11(7-8)13(22)23)24-9-2-4-10(5-3-9)25-15(19,20)21/h1-7H,(H2,22,23). The first-order valence-electron chi connectivity index (χ1n) is 6.50. The zero-order valence-corrected chi connectivity index (χ0v) is 12.1. The highest BCUT2D eigenvalue weighted by atomic mass is 19.4. The summed E-state index contributed by atoms with van der Waals surface area (Å²) >= 11 is 0. The number of hydrogen-bond donors (Lipinski definition) is 1. The van der Waals surface area contributed by atoms with Crippen molar-refractivity contribution >= 4 is 5.91 Å². The number of rotatable bonds is 4. The molecule has 0 aliphatic heterocycles. The molecule has 0 fully saturated rings. The van der Waals surface area contributed by atoms with Gasteiger partial charge in [0.25, 0.3) is 5.91 Å². The predicted octanol–water partition coefficient (Wildman–Crippen LogP) is 4.50. The van der Waals surface area contributed by atoms with Gasteiger partial charge in [0.15, 0.2) is 0 Å². The smallest absolute Gasteiger partial charge is 0.457 e. The van der Waals surface area contributed by atoms with E-state index in [2.05, 4.69) is 4.74 Å². The quantitative estimate of drug-likeness (QED) is 0.812. The normalized spacial score (nSPS) is 11.9. The Hall–Kier alpha value is -2.91. The average Bonchev–Trinajstić information content (AvgIpc) is 2.47. The summed E-state index contributed by atoms with van der Waals surface area (Å²) in [4.78, 5) is 11.3. The van der Waals surface area contributed by atoms with Gasteiger partial charge in [0.05, 0.1) is 11.1 Å². The fraction of sp³-hybridized carbons (Fsp3) is 0.133. The number of amides is 1. The zero-order valence-electron chi connectivity index (χ0n) is 12.1. The molecule has 0 bridgehead atoms. The molecule has 134 valence electrons. The highest BCUT2D eigenvalue weighted by Crippen LogP contribution is 2.34. The minimum absolute atomic E-state index is 0.0308. The van der Waals surface area contributed by atoms with Gasteiger partial charge in [-0.15, -0.1) is 13.2 Å². The Morgan fingerprint density at radius 1 is 0.880 bits per heavy atom. The Morgan fingerprint density at radius 3 is 1.92 bits per heavy atom. The predicted molar refractivity (Wildman–Crippen MR) is 73.2 cm³/mol. The third kappa shape index (κ3) is 5.03. The molecule has 0 aliphatic carbocycles. The van der Waals surface area contributed by atoms with Gasteiger partial charge in [0.2, 0.25) is 0 Å². The molecule has 0 atom stereocenters. The third-order valence-electron chi connectivity index (χ3n) is 2.86. The Balaban J connectivity index is 2.26. The molecule has 0 radical (unpaired) electrons. The van der Waals surface area contributed by atoms with Gasteiger partial charge in [0.1, 0.15) is 17.2 Å². The molecular formula is C15H9F6NO3. The van der Waals surface area contributed by atoms with E-state index in [1.807, 2.05) is 0 Å². The first-order chi connectivity index (χ1) is 11.5. The first kappa shape index (κ1) is 18.4. The lowest BCUT2D eigenvalue weighted by Crippen LogP contribution is -2.17. The zero-order chi connectivity index (χ0) is 18.8. The Morgan fingerprint density at radius 2 is 1.44 bits per heavy atom. The summed E-state index contributed by atoms with van der Waals surface area (Å²) in [7, 11) is 0. The van der Waals surface area contributed by atoms with Crippen LogP contribution in [0.5, 0.6) is 17.2 Å². The van der Waals surface area contributed by atoms with Gasteiger partial charge >= 0.3 is 12.5 Å². The van der Waals surface area contributed by atoms with Gasteiger partial charge in [-0.3, -0.25) is 4.79 Å². The highest BCUT2D eigenvalue weighted by molar-refractivity contribution is 5.96. The van der Waals surface area contributed by atoms with Gasteiger partial charge in [-0.25, -0.2) is 0 Å². The summed E-state index contributed by atoms with van der Waals surface area (Å²) in [6, 6.07) is 6.16. The Kier molecular flexibility index (Phi) is 4.82. The van der Waals surface area contributed by atoms with Crippen LogP contribution < -0.4 is 15.2 Å². The summed E-state index contributed by atoms with van der Waals surface area (Å²) < 4.78 is 83.1. The van der Waals surface area contributed by atoms with Crippen LogP contribution >= 0.6 is 0 Å². The molecule has 0 spiro atoms. The largest absolute Gasteiger partial charge is 0.573 e. The maximum atomic E-state index is 12.7. The molecule has 10 heteroatoms. The molecule has 2 N–H and O–H groups in total. The van der Waals surface area contributed by atoms with E-state index in [0.717, 1.165) is 30.3 Å². The summed E-state index contributed by atoms with van der Waals surface area (Å²) in [6.07, 6.45) is -9.55. The number of nitrogens with two attached hydrogens (primary N) is 1. The first-order valence-corrected chi connectivity index (χ1v) is 6.50. The molecule has 2 rings (SSSR count). The lowest BCUT2D eigenvalue weighted by atomic mass is 10.1. The lowest BCUT2D eigenvalue weighted by molar-refractivity contribution is -0.274. The maximum Gasteiger partial charge on any atom is 0.573 e. The van der Waals surface area contributed by atoms with Gasteiger partial charge < -0.3 is 15.2 Å². The summed E-state index contributed by atoms with van der Waals surface area (Å²) in [5.74, 6) is -1.97. The number of ether oxygens (including phenoxy) is 2. The highest BCUT2D eigenvalue weighted by Gasteiger charge is 2.32. The number of alkyl halides is 6. The van der Waals surface area contributed by atoms with E-state index in [0.29, 0.717) is 12.1 Å². The van der Waals surface area contributed by atoms with Crippen LogP contribution in [0.4, 0.5) is 26.3 Å². The van der Waals surface area contributed by atoms with Crippen LogP contribution in [0, 0.1) is 0 Å². The second kappa shape index (κ2) is 6.54. The summed E-state index contributed by atoms with van der Waals surface area (Å²) in [6.45, 7) is 0. The second-order valence-electron chi connectivity index (χ2n) is 4.69.